The molecular formula is C19H28N2O. The fraction of sp³-hybridized carbons (Fsp3) is 0.632. The van der Waals surface area contributed by atoms with Crippen molar-refractivity contribution < 1.29 is 4.79 Å². The Balaban J connectivity index is 1.72. The Morgan fingerprint density at radius 2 is 2.00 bits per heavy atom. The van der Waals surface area contributed by atoms with Gasteiger partial charge in [0.1, 0.15) is 0 Å². The van der Waals surface area contributed by atoms with Crippen molar-refractivity contribution in [3.8, 4) is 0 Å². The first kappa shape index (κ1) is 15.5. The van der Waals surface area contributed by atoms with Crippen molar-refractivity contribution in [1.82, 2.24) is 4.90 Å². The summed E-state index contributed by atoms with van der Waals surface area (Å²) in [5, 5.41) is 0. The molecular weight excluding hydrogens is 272 g/mol. The molecule has 3 atom stereocenters. The van der Waals surface area contributed by atoms with Crippen LogP contribution in [0.4, 0.5) is 0 Å². The average molecular weight is 300 g/mol. The Hall–Kier alpha value is -1.35. The number of likely N-dealkylation sites (tertiary alicyclic amines) is 1. The van der Waals surface area contributed by atoms with E-state index in [1.165, 1.54) is 23.1 Å². The molecule has 0 aromatic heterocycles. The minimum absolute atomic E-state index is 0.228. The number of hydrogen-bond donors (Lipinski definition) is 1. The van der Waals surface area contributed by atoms with Crippen LogP contribution in [0.2, 0.25) is 0 Å². The second-order valence-electron chi connectivity index (χ2n) is 7.15. The monoisotopic (exact) mass is 300 g/mol. The standard InChI is InChI=1S/C19H28N2O/c1-13-8-9-16(11-14(13)2)18-7-4-10-21(18)19(22)12-15-5-3-6-17(15)20/h8-9,11,15,17-18H,3-7,10,12,20H2,1-2H3/t15-,17+,18?/m0/s1. The van der Waals surface area contributed by atoms with Crippen LogP contribution in [0, 0.1) is 19.8 Å². The maximum absolute atomic E-state index is 12.8. The molecule has 3 nitrogen and oxygen atoms in total. The van der Waals surface area contributed by atoms with Gasteiger partial charge in [-0.25, -0.2) is 0 Å². The quantitative estimate of drug-likeness (QED) is 0.929. The van der Waals surface area contributed by atoms with Crippen LogP contribution in [0.15, 0.2) is 18.2 Å². The lowest BCUT2D eigenvalue weighted by Gasteiger charge is -2.27. The molecule has 0 bridgehead atoms. The van der Waals surface area contributed by atoms with Gasteiger partial charge in [-0.3, -0.25) is 4.79 Å². The highest BCUT2D eigenvalue weighted by molar-refractivity contribution is 5.77. The molecule has 2 N–H and O–H groups in total. The molecule has 3 rings (SSSR count). The number of benzene rings is 1. The normalized spacial score (nSPS) is 28.3. The summed E-state index contributed by atoms with van der Waals surface area (Å²) in [6.07, 6.45) is 6.22. The van der Waals surface area contributed by atoms with E-state index in [9.17, 15) is 4.79 Å². The summed E-state index contributed by atoms with van der Waals surface area (Å²) < 4.78 is 0. The molecule has 2 fully saturated rings. The highest BCUT2D eigenvalue weighted by atomic mass is 16.2. The maximum Gasteiger partial charge on any atom is 0.223 e. The predicted octanol–water partition coefficient (Wildman–Crippen LogP) is 3.48. The van der Waals surface area contributed by atoms with Gasteiger partial charge in [-0.2, -0.15) is 0 Å². The minimum atomic E-state index is 0.228. The second-order valence-corrected chi connectivity index (χ2v) is 7.15. The van der Waals surface area contributed by atoms with E-state index < -0.39 is 0 Å². The van der Waals surface area contributed by atoms with E-state index in [4.69, 9.17) is 5.73 Å². The molecule has 1 saturated carbocycles. The summed E-state index contributed by atoms with van der Waals surface area (Å²) in [6, 6.07) is 7.13. The van der Waals surface area contributed by atoms with Crippen LogP contribution in [0.3, 0.4) is 0 Å². The van der Waals surface area contributed by atoms with Gasteiger partial charge in [0.15, 0.2) is 0 Å². The summed E-state index contributed by atoms with van der Waals surface area (Å²) in [4.78, 5) is 14.9. The van der Waals surface area contributed by atoms with E-state index in [-0.39, 0.29) is 12.1 Å². The fourth-order valence-electron chi connectivity index (χ4n) is 4.04. The Morgan fingerprint density at radius 3 is 2.68 bits per heavy atom. The van der Waals surface area contributed by atoms with Gasteiger partial charge in [0.25, 0.3) is 0 Å². The second kappa shape index (κ2) is 6.41. The van der Waals surface area contributed by atoms with Gasteiger partial charge < -0.3 is 10.6 Å². The number of carbonyl (C=O) groups excluding carboxylic acids is 1. The Labute approximate surface area is 133 Å². The first-order valence-corrected chi connectivity index (χ1v) is 8.68. The van der Waals surface area contributed by atoms with Crippen LogP contribution in [-0.2, 0) is 4.79 Å². The van der Waals surface area contributed by atoms with E-state index in [1.807, 2.05) is 0 Å². The average Bonchev–Trinajstić information content (AvgIpc) is 3.12. The van der Waals surface area contributed by atoms with Gasteiger partial charge in [-0.1, -0.05) is 24.6 Å². The fourth-order valence-corrected chi connectivity index (χ4v) is 4.04. The summed E-state index contributed by atoms with van der Waals surface area (Å²) >= 11 is 0. The van der Waals surface area contributed by atoms with E-state index in [0.717, 1.165) is 32.2 Å². The number of rotatable bonds is 3. The van der Waals surface area contributed by atoms with Gasteiger partial charge >= 0.3 is 0 Å². The zero-order chi connectivity index (χ0) is 15.7. The van der Waals surface area contributed by atoms with Gasteiger partial charge in [-0.15, -0.1) is 0 Å². The van der Waals surface area contributed by atoms with E-state index in [2.05, 4.69) is 36.9 Å². The van der Waals surface area contributed by atoms with Crippen molar-refractivity contribution in [3.63, 3.8) is 0 Å². The molecule has 1 heterocycles. The molecule has 1 unspecified atom stereocenters. The molecule has 1 saturated heterocycles. The number of aryl methyl sites for hydroxylation is 2. The highest BCUT2D eigenvalue weighted by Gasteiger charge is 2.33. The van der Waals surface area contributed by atoms with Crippen LogP contribution in [0.25, 0.3) is 0 Å². The van der Waals surface area contributed by atoms with Crippen molar-refractivity contribution in [2.45, 2.75) is 64.5 Å². The van der Waals surface area contributed by atoms with Gasteiger partial charge in [0, 0.05) is 19.0 Å². The largest absolute Gasteiger partial charge is 0.336 e. The summed E-state index contributed by atoms with van der Waals surface area (Å²) in [7, 11) is 0. The van der Waals surface area contributed by atoms with Crippen molar-refractivity contribution in [2.24, 2.45) is 11.7 Å². The van der Waals surface area contributed by atoms with Gasteiger partial charge in [0.2, 0.25) is 5.91 Å². The highest BCUT2D eigenvalue weighted by Crippen LogP contribution is 2.35. The Kier molecular flexibility index (Phi) is 4.53. The van der Waals surface area contributed by atoms with Gasteiger partial charge in [0.05, 0.1) is 6.04 Å². The van der Waals surface area contributed by atoms with E-state index in [1.54, 1.807) is 0 Å². The number of nitrogens with zero attached hydrogens (tertiary/aromatic N) is 1. The van der Waals surface area contributed by atoms with Crippen molar-refractivity contribution in [1.29, 1.82) is 0 Å². The first-order chi connectivity index (χ1) is 10.6. The maximum atomic E-state index is 12.8. The van der Waals surface area contributed by atoms with Crippen LogP contribution in [-0.4, -0.2) is 23.4 Å². The summed E-state index contributed by atoms with van der Waals surface area (Å²) in [5.74, 6) is 0.705. The number of carbonyl (C=O) groups is 1. The lowest BCUT2D eigenvalue weighted by molar-refractivity contribution is -0.133. The van der Waals surface area contributed by atoms with Crippen LogP contribution in [0.1, 0.15) is 61.3 Å². The number of amides is 1. The molecule has 1 aromatic rings. The molecule has 2 aliphatic rings. The zero-order valence-electron chi connectivity index (χ0n) is 13.8. The lowest BCUT2D eigenvalue weighted by atomic mass is 9.97. The van der Waals surface area contributed by atoms with Crippen molar-refractivity contribution in [3.05, 3.63) is 34.9 Å². The smallest absolute Gasteiger partial charge is 0.223 e. The molecule has 0 spiro atoms. The van der Waals surface area contributed by atoms with Crippen LogP contribution in [0.5, 0.6) is 0 Å². The third-order valence-corrected chi connectivity index (χ3v) is 5.64. The van der Waals surface area contributed by atoms with Gasteiger partial charge in [-0.05, 0) is 62.1 Å². The zero-order valence-corrected chi connectivity index (χ0v) is 13.8. The Bertz CT molecular complexity index is 554. The van der Waals surface area contributed by atoms with E-state index >= 15 is 0 Å². The molecule has 1 amide bonds. The molecule has 3 heteroatoms. The molecule has 0 radical (unpaired) electrons. The molecule has 1 aliphatic carbocycles. The third kappa shape index (κ3) is 3.05. The van der Waals surface area contributed by atoms with Crippen molar-refractivity contribution in [2.75, 3.05) is 6.54 Å². The van der Waals surface area contributed by atoms with Crippen molar-refractivity contribution >= 4 is 5.91 Å². The van der Waals surface area contributed by atoms with Crippen LogP contribution >= 0.6 is 0 Å². The summed E-state index contributed by atoms with van der Waals surface area (Å²) in [5.41, 5.74) is 10.1. The molecule has 22 heavy (non-hydrogen) atoms. The number of nitrogens with two attached hydrogens (primary N) is 1. The first-order valence-electron chi connectivity index (χ1n) is 8.68. The third-order valence-electron chi connectivity index (χ3n) is 5.64. The van der Waals surface area contributed by atoms with Crippen LogP contribution < -0.4 is 5.73 Å². The number of hydrogen-bond acceptors (Lipinski definition) is 2. The van der Waals surface area contributed by atoms with E-state index in [0.29, 0.717) is 18.2 Å². The lowest BCUT2D eigenvalue weighted by Crippen LogP contribution is -2.35. The molecule has 1 aliphatic heterocycles. The molecule has 1 aromatic carbocycles. The molecule has 120 valence electrons. The minimum Gasteiger partial charge on any atom is -0.336 e. The predicted molar refractivity (Wildman–Crippen MR) is 89.5 cm³/mol. The Morgan fingerprint density at radius 1 is 1.18 bits per heavy atom. The topological polar surface area (TPSA) is 46.3 Å². The summed E-state index contributed by atoms with van der Waals surface area (Å²) in [6.45, 7) is 5.19. The SMILES string of the molecule is Cc1ccc(C2CCCN2C(=O)C[C@@H]2CCC[C@H]2N)cc1C.